The second-order valence-electron chi connectivity index (χ2n) is 9.01. The van der Waals surface area contributed by atoms with E-state index in [0.29, 0.717) is 24.0 Å². The number of rotatable bonds is 5. The Labute approximate surface area is 199 Å². The Bertz CT molecular complexity index is 1360. The maximum atomic E-state index is 13.1. The van der Waals surface area contributed by atoms with Crippen molar-refractivity contribution in [2.45, 2.75) is 36.2 Å². The zero-order chi connectivity index (χ0) is 23.3. The highest BCUT2D eigenvalue weighted by molar-refractivity contribution is 7.89. The number of hydrogen-bond donors (Lipinski definition) is 1. The molecule has 1 unspecified atom stereocenters. The molecule has 1 N–H and O–H groups in total. The molecular formula is C25H26ClN3O3S. The van der Waals surface area contributed by atoms with E-state index < -0.39 is 16.1 Å². The predicted molar refractivity (Wildman–Crippen MR) is 131 cm³/mol. The molecule has 3 aromatic rings. The highest BCUT2D eigenvalue weighted by atomic mass is 35.5. The maximum Gasteiger partial charge on any atom is 0.245 e. The summed E-state index contributed by atoms with van der Waals surface area (Å²) in [6.07, 6.45) is 2.48. The van der Waals surface area contributed by atoms with E-state index in [1.54, 1.807) is 41.3 Å². The fourth-order valence-corrected chi connectivity index (χ4v) is 6.39. The highest BCUT2D eigenvalue weighted by Crippen LogP contribution is 2.37. The Morgan fingerprint density at radius 1 is 1.00 bits per heavy atom. The molecule has 0 saturated carbocycles. The first kappa shape index (κ1) is 22.3. The third-order valence-electron chi connectivity index (χ3n) is 6.69. The van der Waals surface area contributed by atoms with Crippen molar-refractivity contribution in [2.75, 3.05) is 25.5 Å². The van der Waals surface area contributed by atoms with Gasteiger partial charge in [0.15, 0.2) is 0 Å². The molecule has 1 saturated heterocycles. The first-order valence-electron chi connectivity index (χ1n) is 11.1. The minimum Gasteiger partial charge on any atom is -0.311 e. The molecule has 1 heterocycles. The molecule has 5 rings (SSSR count). The normalized spacial score (nSPS) is 20.7. The van der Waals surface area contributed by atoms with E-state index in [1.807, 2.05) is 6.07 Å². The summed E-state index contributed by atoms with van der Waals surface area (Å²) in [5, 5.41) is 2.23. The zero-order valence-corrected chi connectivity index (χ0v) is 20.2. The monoisotopic (exact) mass is 483 g/mol. The third kappa shape index (κ3) is 4.15. The number of benzene rings is 3. The molecule has 1 amide bonds. The molecule has 2 atom stereocenters. The lowest BCUT2D eigenvalue weighted by Crippen LogP contribution is -2.41. The molecule has 2 aliphatic rings. The third-order valence-corrected chi connectivity index (χ3v) is 8.40. The fourth-order valence-electron chi connectivity index (χ4n) is 4.95. The minimum absolute atomic E-state index is 0.135. The lowest BCUT2D eigenvalue weighted by Gasteiger charge is -2.22. The molecule has 0 radical (unpaired) electrons. The van der Waals surface area contributed by atoms with Crippen LogP contribution in [0.4, 0.5) is 5.69 Å². The van der Waals surface area contributed by atoms with Crippen LogP contribution in [0.1, 0.15) is 30.0 Å². The number of nitrogens with zero attached hydrogens (tertiary/aromatic N) is 2. The van der Waals surface area contributed by atoms with Gasteiger partial charge in [-0.3, -0.25) is 4.79 Å². The molecular weight excluding hydrogens is 458 g/mol. The van der Waals surface area contributed by atoms with Gasteiger partial charge in [0.2, 0.25) is 15.9 Å². The number of amides is 1. The summed E-state index contributed by atoms with van der Waals surface area (Å²) in [7, 11) is 0.319. The number of hydrogen-bond acceptors (Lipinski definition) is 4. The van der Waals surface area contributed by atoms with Gasteiger partial charge < -0.3 is 9.80 Å². The summed E-state index contributed by atoms with van der Waals surface area (Å²) >= 11 is 6.02. The molecule has 0 spiro atoms. The van der Waals surface area contributed by atoms with Gasteiger partial charge in [-0.05, 0) is 91.7 Å². The number of carbonyl (C=O) groups is 1. The van der Waals surface area contributed by atoms with Crippen LogP contribution in [0.3, 0.4) is 0 Å². The van der Waals surface area contributed by atoms with Gasteiger partial charge in [0.25, 0.3) is 0 Å². The van der Waals surface area contributed by atoms with Crippen LogP contribution in [-0.2, 0) is 21.2 Å². The highest BCUT2D eigenvalue weighted by Gasteiger charge is 2.36. The Morgan fingerprint density at radius 3 is 2.55 bits per heavy atom. The first-order chi connectivity index (χ1) is 15.7. The first-order valence-corrected chi connectivity index (χ1v) is 12.9. The van der Waals surface area contributed by atoms with Crippen molar-refractivity contribution >= 4 is 44.0 Å². The van der Waals surface area contributed by atoms with E-state index in [4.69, 9.17) is 11.6 Å². The van der Waals surface area contributed by atoms with Crippen molar-refractivity contribution in [1.82, 2.24) is 9.62 Å². The molecule has 1 aliphatic carbocycles. The molecule has 1 fully saturated rings. The van der Waals surface area contributed by atoms with E-state index in [2.05, 4.69) is 35.9 Å². The van der Waals surface area contributed by atoms with Gasteiger partial charge in [-0.1, -0.05) is 29.8 Å². The van der Waals surface area contributed by atoms with E-state index in [9.17, 15) is 13.2 Å². The predicted octanol–water partition coefficient (Wildman–Crippen LogP) is 4.13. The van der Waals surface area contributed by atoms with Crippen molar-refractivity contribution in [3.05, 3.63) is 70.7 Å². The summed E-state index contributed by atoms with van der Waals surface area (Å²) in [5.41, 5.74) is 3.41. The summed E-state index contributed by atoms with van der Waals surface area (Å²) in [6, 6.07) is 16.0. The number of nitrogens with one attached hydrogen (secondary N) is 1. The lowest BCUT2D eigenvalue weighted by atomic mass is 10.1. The Hall–Kier alpha value is -2.45. The Balaban J connectivity index is 1.34. The standard InChI is InChI=1S/C25H26ClN3O3S/c1-28(2)24-10-5-18-14-20(7-9-22(18)24)29-12-11-23(25(29)30)27-33(31,32)21-8-4-16-13-19(26)6-3-17(16)15-21/h3-4,6-9,13-15,23-24,27H,5,10-12H2,1-2H3/t23-,24?/m0/s1. The summed E-state index contributed by atoms with van der Waals surface area (Å²) < 4.78 is 28.7. The quantitative estimate of drug-likeness (QED) is 0.592. The number of aryl methyl sites for hydroxylation is 1. The largest absolute Gasteiger partial charge is 0.311 e. The van der Waals surface area contributed by atoms with Crippen molar-refractivity contribution in [3.63, 3.8) is 0 Å². The Morgan fingerprint density at radius 2 is 1.76 bits per heavy atom. The van der Waals surface area contributed by atoms with Gasteiger partial charge in [-0.15, -0.1) is 0 Å². The number of carbonyl (C=O) groups excluding carboxylic acids is 1. The molecule has 8 heteroatoms. The van der Waals surface area contributed by atoms with Crippen LogP contribution < -0.4 is 9.62 Å². The molecule has 6 nitrogen and oxygen atoms in total. The number of fused-ring (bicyclic) bond motifs is 2. The molecule has 3 aromatic carbocycles. The number of halogens is 1. The van der Waals surface area contributed by atoms with Crippen LogP contribution in [-0.4, -0.2) is 45.9 Å². The van der Waals surface area contributed by atoms with Gasteiger partial charge in [-0.2, -0.15) is 4.72 Å². The smallest absolute Gasteiger partial charge is 0.245 e. The second kappa shape index (κ2) is 8.40. The van der Waals surface area contributed by atoms with Crippen molar-refractivity contribution in [2.24, 2.45) is 0 Å². The van der Waals surface area contributed by atoms with Crippen LogP contribution in [0.5, 0.6) is 0 Å². The van der Waals surface area contributed by atoms with Crippen molar-refractivity contribution < 1.29 is 13.2 Å². The average Bonchev–Trinajstić information content (AvgIpc) is 3.36. The fraction of sp³-hybridized carbons (Fsp3) is 0.320. The van der Waals surface area contributed by atoms with E-state index >= 15 is 0 Å². The van der Waals surface area contributed by atoms with Gasteiger partial charge in [0.05, 0.1) is 4.90 Å². The van der Waals surface area contributed by atoms with Crippen LogP contribution in [0, 0.1) is 0 Å². The number of anilines is 1. The molecule has 0 aromatic heterocycles. The average molecular weight is 484 g/mol. The van der Waals surface area contributed by atoms with Crippen LogP contribution in [0.25, 0.3) is 10.8 Å². The van der Waals surface area contributed by atoms with Crippen LogP contribution in [0.2, 0.25) is 5.02 Å². The van der Waals surface area contributed by atoms with Crippen LogP contribution >= 0.6 is 11.6 Å². The molecule has 172 valence electrons. The van der Waals surface area contributed by atoms with Crippen molar-refractivity contribution in [3.8, 4) is 0 Å². The SMILES string of the molecule is CN(C)C1CCc2cc(N3CC[C@H](NS(=O)(=O)c4ccc5cc(Cl)ccc5c4)C3=O)ccc21. The molecule has 33 heavy (non-hydrogen) atoms. The topological polar surface area (TPSA) is 69.7 Å². The van der Waals surface area contributed by atoms with Crippen molar-refractivity contribution in [1.29, 1.82) is 0 Å². The Kier molecular flexibility index (Phi) is 5.69. The summed E-state index contributed by atoms with van der Waals surface area (Å²) in [6.45, 7) is 0.484. The lowest BCUT2D eigenvalue weighted by molar-refractivity contribution is -0.118. The summed E-state index contributed by atoms with van der Waals surface area (Å²) in [5.74, 6) is -0.215. The molecule has 1 aliphatic heterocycles. The second-order valence-corrected chi connectivity index (χ2v) is 11.2. The van der Waals surface area contributed by atoms with E-state index in [-0.39, 0.29) is 10.8 Å². The van der Waals surface area contributed by atoms with Gasteiger partial charge >= 0.3 is 0 Å². The van der Waals surface area contributed by atoms with E-state index in [0.717, 1.165) is 29.3 Å². The maximum absolute atomic E-state index is 13.1. The van der Waals surface area contributed by atoms with Gasteiger partial charge in [-0.25, -0.2) is 8.42 Å². The number of sulfonamides is 1. The van der Waals surface area contributed by atoms with Gasteiger partial charge in [0, 0.05) is 23.3 Å². The minimum atomic E-state index is -3.85. The summed E-state index contributed by atoms with van der Waals surface area (Å²) in [4.78, 5) is 17.2. The van der Waals surface area contributed by atoms with Crippen LogP contribution in [0.15, 0.2) is 59.5 Å². The molecule has 0 bridgehead atoms. The van der Waals surface area contributed by atoms with Gasteiger partial charge in [0.1, 0.15) is 6.04 Å². The van der Waals surface area contributed by atoms with E-state index in [1.165, 1.54) is 11.1 Å². The zero-order valence-electron chi connectivity index (χ0n) is 18.6.